The van der Waals surface area contributed by atoms with E-state index in [0.29, 0.717) is 11.5 Å². The second-order valence-electron chi connectivity index (χ2n) is 4.74. The van der Waals surface area contributed by atoms with E-state index in [1.807, 2.05) is 0 Å². The number of carbonyl (C=O) groups is 2. The standard InChI is InChI=1S/C14H17NO6/c1-20-10-4-3-5-11(21-2)12(10)13(17)15-7-8(16)6-9(15)14(18)19/h3-5,8-9,16H,6-7H2,1-2H3,(H,18,19). The Balaban J connectivity index is 2.42. The molecule has 0 bridgehead atoms. The minimum absolute atomic E-state index is 0.0124. The molecule has 0 saturated carbocycles. The number of rotatable bonds is 4. The number of β-amino-alcohol motifs (C(OH)–C–C–N with tert-alkyl or cyclic N) is 1. The first-order chi connectivity index (χ1) is 9.99. The molecule has 0 spiro atoms. The number of aliphatic carboxylic acids is 1. The highest BCUT2D eigenvalue weighted by Crippen LogP contribution is 2.32. The van der Waals surface area contributed by atoms with E-state index in [4.69, 9.17) is 9.47 Å². The molecule has 1 amide bonds. The topological polar surface area (TPSA) is 96.3 Å². The normalized spacial score (nSPS) is 21.2. The molecule has 7 heteroatoms. The molecular formula is C14H17NO6. The number of benzene rings is 1. The van der Waals surface area contributed by atoms with Crippen molar-refractivity contribution in [3.8, 4) is 11.5 Å². The lowest BCUT2D eigenvalue weighted by molar-refractivity contribution is -0.141. The molecular weight excluding hydrogens is 278 g/mol. The number of aliphatic hydroxyl groups excluding tert-OH is 1. The molecule has 114 valence electrons. The fourth-order valence-electron chi connectivity index (χ4n) is 2.48. The van der Waals surface area contributed by atoms with Crippen molar-refractivity contribution in [1.29, 1.82) is 0 Å². The van der Waals surface area contributed by atoms with Crippen LogP contribution in [0.2, 0.25) is 0 Å². The molecule has 2 atom stereocenters. The van der Waals surface area contributed by atoms with Gasteiger partial charge in [0.05, 0.1) is 20.3 Å². The van der Waals surface area contributed by atoms with Gasteiger partial charge in [-0.1, -0.05) is 6.07 Å². The van der Waals surface area contributed by atoms with Crippen molar-refractivity contribution in [1.82, 2.24) is 4.90 Å². The number of carboxylic acids is 1. The minimum Gasteiger partial charge on any atom is -0.496 e. The highest BCUT2D eigenvalue weighted by Gasteiger charge is 2.40. The summed E-state index contributed by atoms with van der Waals surface area (Å²) in [6.45, 7) is -0.0308. The summed E-state index contributed by atoms with van der Waals surface area (Å²) in [7, 11) is 2.83. The molecule has 2 rings (SSSR count). The lowest BCUT2D eigenvalue weighted by atomic mass is 10.1. The number of amides is 1. The lowest BCUT2D eigenvalue weighted by Gasteiger charge is -2.23. The van der Waals surface area contributed by atoms with Gasteiger partial charge < -0.3 is 24.6 Å². The van der Waals surface area contributed by atoms with Crippen LogP contribution in [-0.2, 0) is 4.79 Å². The molecule has 1 fully saturated rings. The van der Waals surface area contributed by atoms with Crippen LogP contribution in [0.4, 0.5) is 0 Å². The third kappa shape index (κ3) is 2.78. The Kier molecular flexibility index (Phi) is 4.32. The van der Waals surface area contributed by atoms with Gasteiger partial charge in [-0.2, -0.15) is 0 Å². The Hall–Kier alpha value is -2.28. The molecule has 7 nitrogen and oxygen atoms in total. The van der Waals surface area contributed by atoms with Crippen LogP contribution in [0.5, 0.6) is 11.5 Å². The summed E-state index contributed by atoms with van der Waals surface area (Å²) in [6.07, 6.45) is -0.839. The molecule has 1 aliphatic rings. The smallest absolute Gasteiger partial charge is 0.326 e. The molecule has 1 aromatic carbocycles. The summed E-state index contributed by atoms with van der Waals surface area (Å²) in [5, 5.41) is 18.8. The Bertz CT molecular complexity index is 536. The Labute approximate surface area is 121 Å². The summed E-state index contributed by atoms with van der Waals surface area (Å²) in [5.74, 6) is -1.09. The maximum atomic E-state index is 12.7. The first kappa shape index (κ1) is 15.1. The quantitative estimate of drug-likeness (QED) is 0.833. The number of hydrogen-bond acceptors (Lipinski definition) is 5. The number of nitrogens with zero attached hydrogens (tertiary/aromatic N) is 1. The van der Waals surface area contributed by atoms with Gasteiger partial charge in [0.2, 0.25) is 0 Å². The predicted molar refractivity (Wildman–Crippen MR) is 72.6 cm³/mol. The van der Waals surface area contributed by atoms with Crippen molar-refractivity contribution in [2.24, 2.45) is 0 Å². The fourth-order valence-corrected chi connectivity index (χ4v) is 2.48. The van der Waals surface area contributed by atoms with Crippen LogP contribution < -0.4 is 9.47 Å². The molecule has 1 heterocycles. The van der Waals surface area contributed by atoms with Crippen molar-refractivity contribution in [3.63, 3.8) is 0 Å². The van der Waals surface area contributed by atoms with Crippen molar-refractivity contribution >= 4 is 11.9 Å². The lowest BCUT2D eigenvalue weighted by Crippen LogP contribution is -2.40. The van der Waals surface area contributed by atoms with Gasteiger partial charge in [0.1, 0.15) is 23.1 Å². The second kappa shape index (κ2) is 6.01. The molecule has 2 unspecified atom stereocenters. The van der Waals surface area contributed by atoms with Crippen LogP contribution in [0.25, 0.3) is 0 Å². The zero-order valence-corrected chi connectivity index (χ0v) is 11.8. The summed E-state index contributed by atoms with van der Waals surface area (Å²) in [5.41, 5.74) is 0.155. The predicted octanol–water partition coefficient (Wildman–Crippen LogP) is 0.364. The zero-order chi connectivity index (χ0) is 15.6. The van der Waals surface area contributed by atoms with Gasteiger partial charge in [-0.25, -0.2) is 4.79 Å². The van der Waals surface area contributed by atoms with E-state index in [-0.39, 0.29) is 18.5 Å². The van der Waals surface area contributed by atoms with Gasteiger partial charge in [0, 0.05) is 13.0 Å². The van der Waals surface area contributed by atoms with E-state index in [2.05, 4.69) is 0 Å². The number of hydrogen-bond donors (Lipinski definition) is 2. The molecule has 1 saturated heterocycles. The number of carbonyl (C=O) groups excluding carboxylic acids is 1. The van der Waals surface area contributed by atoms with Crippen molar-refractivity contribution in [2.75, 3.05) is 20.8 Å². The van der Waals surface area contributed by atoms with E-state index in [9.17, 15) is 19.8 Å². The number of carboxylic acid groups (broad SMARTS) is 1. The van der Waals surface area contributed by atoms with Crippen LogP contribution in [0.1, 0.15) is 16.8 Å². The highest BCUT2D eigenvalue weighted by atomic mass is 16.5. The van der Waals surface area contributed by atoms with Crippen molar-refractivity contribution in [3.05, 3.63) is 23.8 Å². The van der Waals surface area contributed by atoms with Crippen LogP contribution in [-0.4, -0.2) is 59.9 Å². The first-order valence-electron chi connectivity index (χ1n) is 6.42. The monoisotopic (exact) mass is 295 g/mol. The van der Waals surface area contributed by atoms with Gasteiger partial charge >= 0.3 is 5.97 Å². The number of methoxy groups -OCH3 is 2. The highest BCUT2D eigenvalue weighted by molar-refractivity contribution is 6.01. The summed E-state index contributed by atoms with van der Waals surface area (Å²) < 4.78 is 10.3. The van der Waals surface area contributed by atoms with Crippen molar-refractivity contribution in [2.45, 2.75) is 18.6 Å². The number of likely N-dealkylation sites (tertiary alicyclic amines) is 1. The Morgan fingerprint density at radius 3 is 2.29 bits per heavy atom. The first-order valence-corrected chi connectivity index (χ1v) is 6.42. The van der Waals surface area contributed by atoms with E-state index < -0.39 is 24.0 Å². The SMILES string of the molecule is COc1cccc(OC)c1C(=O)N1CC(O)CC1C(=O)O. The molecule has 0 aromatic heterocycles. The van der Waals surface area contributed by atoms with Crippen LogP contribution >= 0.6 is 0 Å². The maximum Gasteiger partial charge on any atom is 0.326 e. The van der Waals surface area contributed by atoms with Crippen LogP contribution in [0.15, 0.2) is 18.2 Å². The second-order valence-corrected chi connectivity index (χ2v) is 4.74. The average molecular weight is 295 g/mol. The minimum atomic E-state index is -1.14. The number of aliphatic hydroxyl groups is 1. The van der Waals surface area contributed by atoms with Gasteiger partial charge in [0.15, 0.2) is 0 Å². The Morgan fingerprint density at radius 2 is 1.81 bits per heavy atom. The van der Waals surface area contributed by atoms with Gasteiger partial charge in [0.25, 0.3) is 5.91 Å². The summed E-state index contributed by atoms with van der Waals surface area (Å²) >= 11 is 0. The van der Waals surface area contributed by atoms with E-state index in [0.717, 1.165) is 4.90 Å². The van der Waals surface area contributed by atoms with Crippen LogP contribution in [0, 0.1) is 0 Å². The van der Waals surface area contributed by atoms with E-state index >= 15 is 0 Å². The van der Waals surface area contributed by atoms with Crippen molar-refractivity contribution < 1.29 is 29.3 Å². The molecule has 21 heavy (non-hydrogen) atoms. The molecule has 0 aliphatic carbocycles. The zero-order valence-electron chi connectivity index (χ0n) is 11.8. The number of ether oxygens (including phenoxy) is 2. The Morgan fingerprint density at radius 1 is 1.24 bits per heavy atom. The largest absolute Gasteiger partial charge is 0.496 e. The molecule has 2 N–H and O–H groups in total. The average Bonchev–Trinajstić information content (AvgIpc) is 2.87. The van der Waals surface area contributed by atoms with E-state index in [1.165, 1.54) is 14.2 Å². The van der Waals surface area contributed by atoms with Gasteiger partial charge in [-0.3, -0.25) is 4.79 Å². The van der Waals surface area contributed by atoms with Crippen LogP contribution in [0.3, 0.4) is 0 Å². The molecule has 1 aromatic rings. The maximum absolute atomic E-state index is 12.7. The molecule has 0 radical (unpaired) electrons. The fraction of sp³-hybridized carbons (Fsp3) is 0.429. The summed E-state index contributed by atoms with van der Waals surface area (Å²) in [6, 6.07) is 3.81. The van der Waals surface area contributed by atoms with Gasteiger partial charge in [-0.15, -0.1) is 0 Å². The third-order valence-electron chi connectivity index (χ3n) is 3.47. The van der Waals surface area contributed by atoms with E-state index in [1.54, 1.807) is 18.2 Å². The third-order valence-corrected chi connectivity index (χ3v) is 3.47. The van der Waals surface area contributed by atoms with Gasteiger partial charge in [-0.05, 0) is 12.1 Å². The molecule has 1 aliphatic heterocycles. The summed E-state index contributed by atoms with van der Waals surface area (Å²) in [4.78, 5) is 25.0.